The molecule has 0 aliphatic heterocycles. The highest BCUT2D eigenvalue weighted by Gasteiger charge is 2.54. The van der Waals surface area contributed by atoms with Gasteiger partial charge in [-0.25, -0.2) is 0 Å². The maximum Gasteiger partial charge on any atom is 0.110 e. The number of nitrogens with zero attached hydrogens (tertiary/aromatic N) is 1. The van der Waals surface area contributed by atoms with Crippen molar-refractivity contribution in [1.29, 1.82) is 5.26 Å². The fourth-order valence-electron chi connectivity index (χ4n) is 2.55. The van der Waals surface area contributed by atoms with Gasteiger partial charge in [0, 0.05) is 7.11 Å². The Morgan fingerprint density at radius 1 is 1.50 bits per heavy atom. The molecule has 1 fully saturated rings. The summed E-state index contributed by atoms with van der Waals surface area (Å²) >= 11 is 0. The second-order valence-electron chi connectivity index (χ2n) is 4.96. The molecule has 96 valence electrons. The number of rotatable bonds is 6. The lowest BCUT2D eigenvalue weighted by Crippen LogP contribution is -2.37. The molecule has 1 saturated carbocycles. The van der Waals surface area contributed by atoms with Crippen LogP contribution in [-0.4, -0.2) is 19.3 Å². The zero-order valence-corrected chi connectivity index (χ0v) is 11.0. The first-order chi connectivity index (χ1) is 8.75. The largest absolute Gasteiger partial charge is 0.383 e. The molecular weight excluding hydrogens is 224 g/mol. The van der Waals surface area contributed by atoms with Crippen LogP contribution in [0.5, 0.6) is 0 Å². The van der Waals surface area contributed by atoms with Gasteiger partial charge < -0.3 is 4.74 Å². The summed E-state index contributed by atoms with van der Waals surface area (Å²) in [5.41, 5.74) is 0.837. The van der Waals surface area contributed by atoms with E-state index < -0.39 is 0 Å². The predicted molar refractivity (Wildman–Crippen MR) is 70.9 cm³/mol. The van der Waals surface area contributed by atoms with Gasteiger partial charge in [0.25, 0.3) is 0 Å². The Labute approximate surface area is 109 Å². The van der Waals surface area contributed by atoms with Crippen LogP contribution in [-0.2, 0) is 4.74 Å². The summed E-state index contributed by atoms with van der Waals surface area (Å²) in [5, 5.41) is 12.9. The van der Waals surface area contributed by atoms with Crippen molar-refractivity contribution in [3.8, 4) is 6.07 Å². The Kier molecular flexibility index (Phi) is 4.00. The van der Waals surface area contributed by atoms with Crippen molar-refractivity contribution in [3.63, 3.8) is 0 Å². The highest BCUT2D eigenvalue weighted by molar-refractivity contribution is 5.27. The summed E-state index contributed by atoms with van der Waals surface area (Å²) < 4.78 is 5.27. The van der Waals surface area contributed by atoms with Gasteiger partial charge in [-0.15, -0.1) is 0 Å². The van der Waals surface area contributed by atoms with Crippen LogP contribution in [0.4, 0.5) is 0 Å². The van der Waals surface area contributed by atoms with E-state index in [9.17, 15) is 5.26 Å². The number of hydrogen-bond donors (Lipinski definition) is 1. The van der Waals surface area contributed by atoms with Crippen LogP contribution in [0.25, 0.3) is 0 Å². The van der Waals surface area contributed by atoms with E-state index in [0.717, 1.165) is 12.8 Å². The minimum Gasteiger partial charge on any atom is -0.383 e. The van der Waals surface area contributed by atoms with Gasteiger partial charge in [-0.1, -0.05) is 43.7 Å². The number of benzene rings is 1. The van der Waals surface area contributed by atoms with Gasteiger partial charge in [0.2, 0.25) is 0 Å². The summed E-state index contributed by atoms with van der Waals surface area (Å²) in [5.74, 6) is 0.477. The summed E-state index contributed by atoms with van der Waals surface area (Å²) in [6.07, 6.45) is 2.00. The van der Waals surface area contributed by atoms with Crippen molar-refractivity contribution in [3.05, 3.63) is 35.9 Å². The summed E-state index contributed by atoms with van der Waals surface area (Å²) in [7, 11) is 1.70. The molecule has 1 aromatic rings. The van der Waals surface area contributed by atoms with E-state index in [-0.39, 0.29) is 11.6 Å². The van der Waals surface area contributed by atoms with Crippen LogP contribution >= 0.6 is 0 Å². The molecule has 18 heavy (non-hydrogen) atoms. The molecule has 1 N–H and O–H groups in total. The monoisotopic (exact) mass is 244 g/mol. The number of hydrogen-bond acceptors (Lipinski definition) is 3. The molecule has 0 saturated heterocycles. The van der Waals surface area contributed by atoms with Crippen molar-refractivity contribution in [2.75, 3.05) is 13.7 Å². The zero-order valence-electron chi connectivity index (χ0n) is 11.0. The number of methoxy groups -OCH3 is 1. The van der Waals surface area contributed by atoms with E-state index in [0.29, 0.717) is 12.5 Å². The lowest BCUT2D eigenvalue weighted by molar-refractivity contribution is 0.161. The third-order valence-electron chi connectivity index (χ3n) is 3.76. The third-order valence-corrected chi connectivity index (χ3v) is 3.76. The molecule has 2 rings (SSSR count). The lowest BCUT2D eigenvalue weighted by atomic mass is 10.1. The van der Waals surface area contributed by atoms with Crippen molar-refractivity contribution < 1.29 is 4.74 Å². The Bertz CT molecular complexity index is 426. The molecule has 0 unspecified atom stereocenters. The van der Waals surface area contributed by atoms with E-state index >= 15 is 0 Å². The van der Waals surface area contributed by atoms with E-state index in [4.69, 9.17) is 4.74 Å². The number of nitrogens with one attached hydrogen (secondary N) is 1. The average Bonchev–Trinajstić information content (AvgIpc) is 3.13. The third kappa shape index (κ3) is 2.55. The Hall–Kier alpha value is -1.37. The number of ether oxygens (including phenoxy) is 1. The summed E-state index contributed by atoms with van der Waals surface area (Å²) in [6.45, 7) is 2.73. The highest BCUT2D eigenvalue weighted by atomic mass is 16.5. The van der Waals surface area contributed by atoms with Gasteiger partial charge in [0.15, 0.2) is 0 Å². The molecule has 0 bridgehead atoms. The smallest absolute Gasteiger partial charge is 0.110 e. The van der Waals surface area contributed by atoms with Gasteiger partial charge in [-0.2, -0.15) is 5.26 Å². The minimum absolute atomic E-state index is 0.0902. The molecule has 3 heteroatoms. The van der Waals surface area contributed by atoms with Crippen LogP contribution in [0, 0.1) is 17.2 Å². The second-order valence-corrected chi connectivity index (χ2v) is 4.96. The lowest BCUT2D eigenvalue weighted by Gasteiger charge is -2.22. The van der Waals surface area contributed by atoms with Gasteiger partial charge in [0.1, 0.15) is 5.54 Å². The molecule has 1 aliphatic rings. The maximum absolute atomic E-state index is 9.37. The van der Waals surface area contributed by atoms with Gasteiger partial charge in [-0.3, -0.25) is 5.32 Å². The molecule has 0 aromatic heterocycles. The predicted octanol–water partition coefficient (Wildman–Crippen LogP) is 2.66. The molecule has 0 radical (unpaired) electrons. The van der Waals surface area contributed by atoms with Crippen molar-refractivity contribution in [2.45, 2.75) is 31.3 Å². The minimum atomic E-state index is -0.339. The molecule has 1 aromatic carbocycles. The molecule has 1 aliphatic carbocycles. The van der Waals surface area contributed by atoms with Crippen LogP contribution in [0.1, 0.15) is 31.4 Å². The first kappa shape index (κ1) is 13.1. The van der Waals surface area contributed by atoms with E-state index in [1.54, 1.807) is 7.11 Å². The van der Waals surface area contributed by atoms with Crippen molar-refractivity contribution in [2.24, 2.45) is 5.92 Å². The van der Waals surface area contributed by atoms with Crippen molar-refractivity contribution >= 4 is 0 Å². The van der Waals surface area contributed by atoms with Crippen LogP contribution < -0.4 is 5.32 Å². The molecular formula is C15H20N2O. The van der Waals surface area contributed by atoms with Crippen LogP contribution in [0.15, 0.2) is 30.3 Å². The first-order valence-corrected chi connectivity index (χ1v) is 6.48. The normalized spacial score (nSPS) is 27.5. The molecule has 3 nitrogen and oxygen atoms in total. The average molecular weight is 244 g/mol. The standard InChI is InChI=1S/C15H20N2O/c1-3-13-9-15(13,11-16)17-14(10-18-2)12-7-5-4-6-8-12/h4-8,13-14,17H,3,9-10H2,1-2H3/t13-,14-,15-/m0/s1. The Morgan fingerprint density at radius 2 is 2.22 bits per heavy atom. The van der Waals surface area contributed by atoms with Crippen molar-refractivity contribution in [1.82, 2.24) is 5.32 Å². The van der Waals surface area contributed by atoms with Gasteiger partial charge in [-0.05, 0) is 17.9 Å². The Balaban J connectivity index is 2.11. The molecule has 0 amide bonds. The molecule has 0 heterocycles. The second kappa shape index (κ2) is 5.51. The fourth-order valence-corrected chi connectivity index (χ4v) is 2.55. The zero-order chi connectivity index (χ0) is 13.0. The maximum atomic E-state index is 9.37. The Morgan fingerprint density at radius 3 is 2.72 bits per heavy atom. The fraction of sp³-hybridized carbons (Fsp3) is 0.533. The van der Waals surface area contributed by atoms with E-state index in [1.807, 2.05) is 18.2 Å². The molecule has 0 spiro atoms. The quantitative estimate of drug-likeness (QED) is 0.836. The molecule has 3 atom stereocenters. The number of nitriles is 1. The van der Waals surface area contributed by atoms with Gasteiger partial charge >= 0.3 is 0 Å². The van der Waals surface area contributed by atoms with Crippen LogP contribution in [0.2, 0.25) is 0 Å². The summed E-state index contributed by atoms with van der Waals surface area (Å²) in [6, 6.07) is 12.7. The topological polar surface area (TPSA) is 45.0 Å². The van der Waals surface area contributed by atoms with E-state index in [1.165, 1.54) is 5.56 Å². The SMILES string of the molecule is CC[C@H]1C[C@@]1(C#N)N[C@@H](COC)c1ccccc1. The van der Waals surface area contributed by atoms with Crippen LogP contribution in [0.3, 0.4) is 0 Å². The van der Waals surface area contributed by atoms with E-state index in [2.05, 4.69) is 30.4 Å². The summed E-state index contributed by atoms with van der Waals surface area (Å²) in [4.78, 5) is 0. The highest BCUT2D eigenvalue weighted by Crippen LogP contribution is 2.46. The van der Waals surface area contributed by atoms with Gasteiger partial charge in [0.05, 0.1) is 18.7 Å². The first-order valence-electron chi connectivity index (χ1n) is 6.48.